The maximum absolute atomic E-state index is 12.2. The Morgan fingerprint density at radius 2 is 2.13 bits per heavy atom. The largest absolute Gasteiger partial charge is 0.463 e. The summed E-state index contributed by atoms with van der Waals surface area (Å²) < 4.78 is 10.4. The van der Waals surface area contributed by atoms with Crippen molar-refractivity contribution in [1.82, 2.24) is 15.5 Å². The lowest BCUT2D eigenvalue weighted by Crippen LogP contribution is -2.23. The van der Waals surface area contributed by atoms with Crippen molar-refractivity contribution < 1.29 is 13.9 Å². The normalized spacial score (nSPS) is 10.7. The maximum atomic E-state index is 12.2. The number of nitrogens with zero attached hydrogens (tertiary/aromatic N) is 1. The Morgan fingerprint density at radius 1 is 1.26 bits per heavy atom. The number of rotatable bonds is 6. The number of aromatic nitrogens is 2. The van der Waals surface area contributed by atoms with Crippen molar-refractivity contribution in [2.24, 2.45) is 0 Å². The topological polar surface area (TPSA) is 80.1 Å². The number of benzene rings is 1. The van der Waals surface area contributed by atoms with Crippen LogP contribution in [0.5, 0.6) is 0 Å². The molecule has 0 saturated heterocycles. The Bertz CT molecular complexity index is 778. The number of furan rings is 1. The van der Waals surface area contributed by atoms with Crippen molar-refractivity contribution in [2.45, 2.75) is 13.2 Å². The molecular formula is C17H17N3O3. The van der Waals surface area contributed by atoms with Gasteiger partial charge in [-0.3, -0.25) is 9.89 Å². The Morgan fingerprint density at radius 3 is 2.91 bits per heavy atom. The molecule has 118 valence electrons. The van der Waals surface area contributed by atoms with E-state index in [2.05, 4.69) is 15.5 Å². The minimum atomic E-state index is -0.240. The van der Waals surface area contributed by atoms with E-state index in [0.717, 1.165) is 11.1 Å². The van der Waals surface area contributed by atoms with Crippen LogP contribution in [0.25, 0.3) is 11.5 Å². The highest BCUT2D eigenvalue weighted by atomic mass is 16.5. The summed E-state index contributed by atoms with van der Waals surface area (Å²) in [4.78, 5) is 12.2. The van der Waals surface area contributed by atoms with E-state index < -0.39 is 0 Å². The van der Waals surface area contributed by atoms with Crippen molar-refractivity contribution in [2.75, 3.05) is 7.11 Å². The highest BCUT2D eigenvalue weighted by Crippen LogP contribution is 2.17. The van der Waals surface area contributed by atoms with Crippen LogP contribution < -0.4 is 5.32 Å². The molecule has 0 aliphatic carbocycles. The lowest BCUT2D eigenvalue weighted by molar-refractivity contribution is 0.0946. The number of carbonyl (C=O) groups excluding carboxylic acids is 1. The summed E-state index contributed by atoms with van der Waals surface area (Å²) in [6.45, 7) is 0.979. The number of ether oxygens (including phenoxy) is 1. The number of amides is 1. The van der Waals surface area contributed by atoms with Crippen molar-refractivity contribution in [3.63, 3.8) is 0 Å². The van der Waals surface area contributed by atoms with E-state index in [9.17, 15) is 4.79 Å². The van der Waals surface area contributed by atoms with Gasteiger partial charge >= 0.3 is 0 Å². The van der Waals surface area contributed by atoms with Gasteiger partial charge in [-0.25, -0.2) is 0 Å². The smallest absolute Gasteiger partial charge is 0.272 e. The predicted molar refractivity (Wildman–Crippen MR) is 84.6 cm³/mol. The van der Waals surface area contributed by atoms with Crippen LogP contribution in [-0.2, 0) is 17.9 Å². The molecule has 0 radical (unpaired) electrons. The summed E-state index contributed by atoms with van der Waals surface area (Å²) in [6.07, 6.45) is 1.57. The minimum Gasteiger partial charge on any atom is -0.463 e. The summed E-state index contributed by atoms with van der Waals surface area (Å²) in [7, 11) is 1.66. The van der Waals surface area contributed by atoms with E-state index in [4.69, 9.17) is 9.15 Å². The third-order valence-electron chi connectivity index (χ3n) is 3.35. The first-order valence-corrected chi connectivity index (χ1v) is 7.20. The number of H-pyrrole nitrogens is 1. The van der Waals surface area contributed by atoms with Crippen LogP contribution in [0, 0.1) is 0 Å². The molecule has 6 nitrogen and oxygen atoms in total. The Hall–Kier alpha value is -2.86. The highest BCUT2D eigenvalue weighted by molar-refractivity contribution is 5.93. The second kappa shape index (κ2) is 6.93. The first-order valence-electron chi connectivity index (χ1n) is 7.20. The van der Waals surface area contributed by atoms with Gasteiger partial charge in [0.25, 0.3) is 5.91 Å². The summed E-state index contributed by atoms with van der Waals surface area (Å²) >= 11 is 0. The Balaban J connectivity index is 1.62. The molecule has 0 atom stereocenters. The van der Waals surface area contributed by atoms with Crippen LogP contribution in [0.2, 0.25) is 0 Å². The monoisotopic (exact) mass is 311 g/mol. The molecule has 0 aliphatic heterocycles. The quantitative estimate of drug-likeness (QED) is 0.733. The molecule has 0 unspecified atom stereocenters. The van der Waals surface area contributed by atoms with Gasteiger partial charge in [-0.2, -0.15) is 5.10 Å². The van der Waals surface area contributed by atoms with Crippen LogP contribution >= 0.6 is 0 Å². The third kappa shape index (κ3) is 3.67. The van der Waals surface area contributed by atoms with Crippen molar-refractivity contribution in [1.29, 1.82) is 0 Å². The predicted octanol–water partition coefficient (Wildman–Crippen LogP) is 2.75. The molecule has 0 bridgehead atoms. The molecule has 0 saturated carbocycles. The average molecular weight is 311 g/mol. The zero-order valence-corrected chi connectivity index (χ0v) is 12.7. The van der Waals surface area contributed by atoms with Gasteiger partial charge in [-0.15, -0.1) is 0 Å². The van der Waals surface area contributed by atoms with Gasteiger partial charge in [0.05, 0.1) is 12.9 Å². The first kappa shape index (κ1) is 15.1. The fraction of sp³-hybridized carbons (Fsp3) is 0.176. The number of hydrogen-bond acceptors (Lipinski definition) is 4. The lowest BCUT2D eigenvalue weighted by atomic mass is 10.1. The minimum absolute atomic E-state index is 0.240. The molecule has 2 aromatic heterocycles. The number of aromatic amines is 1. The van der Waals surface area contributed by atoms with Gasteiger partial charge in [-0.05, 0) is 23.3 Å². The van der Waals surface area contributed by atoms with Crippen molar-refractivity contribution in [3.05, 3.63) is 65.5 Å². The SMILES string of the molecule is COCc1cccc(CNC(=O)c2cc(-c3ccco3)[nH]n2)c1. The lowest BCUT2D eigenvalue weighted by Gasteiger charge is -2.06. The molecule has 6 heteroatoms. The van der Waals surface area contributed by atoms with Gasteiger partial charge in [0.2, 0.25) is 0 Å². The maximum Gasteiger partial charge on any atom is 0.272 e. The van der Waals surface area contributed by atoms with Gasteiger partial charge in [0.15, 0.2) is 11.5 Å². The second-order valence-electron chi connectivity index (χ2n) is 5.08. The van der Waals surface area contributed by atoms with Gasteiger partial charge in [0, 0.05) is 19.7 Å². The summed E-state index contributed by atoms with van der Waals surface area (Å²) in [5.74, 6) is 0.403. The Labute approximate surface area is 133 Å². The molecule has 2 N–H and O–H groups in total. The molecule has 0 spiro atoms. The summed E-state index contributed by atoms with van der Waals surface area (Å²) in [6, 6.07) is 13.1. The van der Waals surface area contributed by atoms with Gasteiger partial charge in [-0.1, -0.05) is 24.3 Å². The fourth-order valence-corrected chi connectivity index (χ4v) is 2.27. The molecule has 3 aromatic rings. The zero-order valence-electron chi connectivity index (χ0n) is 12.7. The molecule has 23 heavy (non-hydrogen) atoms. The number of nitrogens with one attached hydrogen (secondary N) is 2. The Kier molecular flexibility index (Phi) is 4.54. The zero-order chi connectivity index (χ0) is 16.1. The molecule has 3 rings (SSSR count). The van der Waals surface area contributed by atoms with Crippen LogP contribution in [-0.4, -0.2) is 23.2 Å². The van der Waals surface area contributed by atoms with E-state index in [0.29, 0.717) is 30.3 Å². The molecule has 0 fully saturated rings. The van der Waals surface area contributed by atoms with Crippen molar-refractivity contribution in [3.8, 4) is 11.5 Å². The first-order chi connectivity index (χ1) is 11.3. The molecule has 2 heterocycles. The van der Waals surface area contributed by atoms with E-state index >= 15 is 0 Å². The van der Waals surface area contributed by atoms with Crippen molar-refractivity contribution >= 4 is 5.91 Å². The molecular weight excluding hydrogens is 294 g/mol. The number of carbonyl (C=O) groups is 1. The molecule has 1 amide bonds. The van der Waals surface area contributed by atoms with Crippen LogP contribution in [0.1, 0.15) is 21.6 Å². The van der Waals surface area contributed by atoms with E-state index in [1.807, 2.05) is 24.3 Å². The van der Waals surface area contributed by atoms with Gasteiger partial charge in [0.1, 0.15) is 5.69 Å². The van der Waals surface area contributed by atoms with Crippen LogP contribution in [0.15, 0.2) is 53.1 Å². The second-order valence-corrected chi connectivity index (χ2v) is 5.08. The standard InChI is InChI=1S/C17H17N3O3/c1-22-11-13-5-2-4-12(8-13)10-18-17(21)15-9-14(19-20-15)16-6-3-7-23-16/h2-9H,10-11H2,1H3,(H,18,21)(H,19,20). The number of hydrogen-bond donors (Lipinski definition) is 2. The fourth-order valence-electron chi connectivity index (χ4n) is 2.27. The van der Waals surface area contributed by atoms with Gasteiger partial charge < -0.3 is 14.5 Å². The summed E-state index contributed by atoms with van der Waals surface area (Å²) in [5.41, 5.74) is 3.07. The van der Waals surface area contributed by atoms with Crippen LogP contribution in [0.4, 0.5) is 0 Å². The van der Waals surface area contributed by atoms with E-state index in [1.165, 1.54) is 0 Å². The summed E-state index contributed by atoms with van der Waals surface area (Å²) in [5, 5.41) is 9.66. The molecule has 1 aromatic carbocycles. The molecule has 0 aliphatic rings. The highest BCUT2D eigenvalue weighted by Gasteiger charge is 2.12. The van der Waals surface area contributed by atoms with Crippen LogP contribution in [0.3, 0.4) is 0 Å². The average Bonchev–Trinajstić information content (AvgIpc) is 3.24. The third-order valence-corrected chi connectivity index (χ3v) is 3.35. The number of methoxy groups -OCH3 is 1. The van der Waals surface area contributed by atoms with E-state index in [-0.39, 0.29) is 5.91 Å². The van der Waals surface area contributed by atoms with E-state index in [1.54, 1.807) is 31.6 Å².